The van der Waals surface area contributed by atoms with E-state index in [2.05, 4.69) is 11.0 Å². The highest BCUT2D eigenvalue weighted by Gasteiger charge is 2.43. The summed E-state index contributed by atoms with van der Waals surface area (Å²) in [6.45, 7) is 0.694. The summed E-state index contributed by atoms with van der Waals surface area (Å²) < 4.78 is 28.6. The Morgan fingerprint density at radius 1 is 1.41 bits per heavy atom. The molecule has 0 radical (unpaired) electrons. The summed E-state index contributed by atoms with van der Waals surface area (Å²) in [5.74, 6) is -1.37. The second-order valence-corrected chi connectivity index (χ2v) is 7.02. The number of halogens is 2. The number of alkyl halides is 2. The van der Waals surface area contributed by atoms with E-state index in [1.54, 1.807) is 31.3 Å². The molecule has 152 valence electrons. The summed E-state index contributed by atoms with van der Waals surface area (Å²) in [5, 5.41) is 12.9. The van der Waals surface area contributed by atoms with Crippen LogP contribution in [0, 0.1) is 12.3 Å². The van der Waals surface area contributed by atoms with Crippen molar-refractivity contribution >= 4 is 11.8 Å². The Hall–Kier alpha value is -3.25. The lowest BCUT2D eigenvalue weighted by Crippen LogP contribution is -2.24. The molecule has 1 aromatic carbocycles. The van der Waals surface area contributed by atoms with Gasteiger partial charge in [0.2, 0.25) is 0 Å². The van der Waals surface area contributed by atoms with Gasteiger partial charge in [-0.05, 0) is 24.6 Å². The van der Waals surface area contributed by atoms with E-state index >= 15 is 0 Å². The van der Waals surface area contributed by atoms with Crippen LogP contribution in [0.1, 0.15) is 33.7 Å². The molecule has 0 unspecified atom stereocenters. The van der Waals surface area contributed by atoms with E-state index in [-0.39, 0.29) is 17.2 Å². The van der Waals surface area contributed by atoms with Gasteiger partial charge < -0.3 is 15.7 Å². The van der Waals surface area contributed by atoms with Crippen molar-refractivity contribution in [3.05, 3.63) is 46.8 Å². The fourth-order valence-electron chi connectivity index (χ4n) is 3.36. The molecule has 1 aliphatic carbocycles. The van der Waals surface area contributed by atoms with Crippen molar-refractivity contribution in [1.82, 2.24) is 14.7 Å². The Bertz CT molecular complexity index is 998. The average molecular weight is 402 g/mol. The van der Waals surface area contributed by atoms with Crippen molar-refractivity contribution < 1.29 is 23.5 Å². The Kier molecular flexibility index (Phi) is 5.40. The molecule has 9 heteroatoms. The van der Waals surface area contributed by atoms with Crippen LogP contribution in [0.2, 0.25) is 0 Å². The Morgan fingerprint density at radius 2 is 2.14 bits per heavy atom. The van der Waals surface area contributed by atoms with E-state index in [1.807, 2.05) is 0 Å². The third kappa shape index (κ3) is 4.12. The molecule has 0 spiro atoms. The summed E-state index contributed by atoms with van der Waals surface area (Å²) in [5.41, 5.74) is 6.79. The zero-order valence-electron chi connectivity index (χ0n) is 15.7. The van der Waals surface area contributed by atoms with Crippen molar-refractivity contribution in [3.8, 4) is 18.0 Å². The fourth-order valence-corrected chi connectivity index (χ4v) is 3.36. The van der Waals surface area contributed by atoms with E-state index in [9.17, 15) is 18.4 Å². The molecular formula is C20H20F2N4O3. The van der Waals surface area contributed by atoms with Gasteiger partial charge in [-0.15, -0.1) is 6.42 Å². The molecule has 2 heterocycles. The standard InChI is InChI=1S/C15H11F2N3O.C5H9NO2/c1-2-9-4-3-5-10(6-9)20-12-8-15(16,17)7-11(12)13(19-20)14(18)21;1-6-3-2-4(7)5(6)8/h1,3-6H,7-8H2,(H2,18,21);4,7H,2-3H2,1H3/t;4-/m.0/s1. The molecule has 4 rings (SSSR count). The van der Waals surface area contributed by atoms with Crippen molar-refractivity contribution in [3.63, 3.8) is 0 Å². The van der Waals surface area contributed by atoms with Crippen LogP contribution in [0.3, 0.4) is 0 Å². The zero-order chi connectivity index (χ0) is 21.3. The van der Waals surface area contributed by atoms with Crippen LogP contribution in [0.25, 0.3) is 5.69 Å². The van der Waals surface area contributed by atoms with E-state index in [1.165, 1.54) is 9.58 Å². The summed E-state index contributed by atoms with van der Waals surface area (Å²) in [7, 11) is 1.69. The average Bonchev–Trinajstić information content (AvgIpc) is 3.27. The molecule has 2 amide bonds. The number of hydrogen-bond donors (Lipinski definition) is 2. The Morgan fingerprint density at radius 3 is 2.66 bits per heavy atom. The molecule has 2 aliphatic rings. The quantitative estimate of drug-likeness (QED) is 0.729. The monoisotopic (exact) mass is 402 g/mol. The first-order chi connectivity index (χ1) is 13.6. The summed E-state index contributed by atoms with van der Waals surface area (Å²) >= 11 is 0. The molecule has 7 nitrogen and oxygen atoms in total. The zero-order valence-corrected chi connectivity index (χ0v) is 15.7. The second kappa shape index (κ2) is 7.64. The highest BCUT2D eigenvalue weighted by Crippen LogP contribution is 2.37. The van der Waals surface area contributed by atoms with Gasteiger partial charge in [-0.2, -0.15) is 5.10 Å². The highest BCUT2D eigenvalue weighted by molar-refractivity contribution is 5.93. The minimum atomic E-state index is -2.89. The van der Waals surface area contributed by atoms with E-state index in [0.717, 1.165) is 0 Å². The predicted molar refractivity (Wildman–Crippen MR) is 101 cm³/mol. The predicted octanol–water partition coefficient (Wildman–Crippen LogP) is 0.896. The third-order valence-corrected chi connectivity index (χ3v) is 4.84. The van der Waals surface area contributed by atoms with Crippen molar-refractivity contribution in [2.75, 3.05) is 13.6 Å². The van der Waals surface area contributed by atoms with Gasteiger partial charge in [0, 0.05) is 31.1 Å². The lowest BCUT2D eigenvalue weighted by molar-refractivity contribution is -0.133. The van der Waals surface area contributed by atoms with Crippen molar-refractivity contribution in [2.24, 2.45) is 5.73 Å². The number of aliphatic hydroxyl groups is 1. The molecule has 1 aliphatic heterocycles. The number of carbonyl (C=O) groups excluding carboxylic acids is 2. The number of primary amides is 1. The van der Waals surface area contributed by atoms with Gasteiger partial charge in [0.05, 0.1) is 17.8 Å². The molecule has 0 saturated carbocycles. The Balaban J connectivity index is 0.000000252. The van der Waals surface area contributed by atoms with Crippen LogP contribution in [-0.4, -0.2) is 57.2 Å². The van der Waals surface area contributed by atoms with Crippen LogP contribution >= 0.6 is 0 Å². The SMILES string of the molecule is C#Cc1cccc(-n2nc(C(N)=O)c3c2CC(F)(F)C3)c1.CN1CC[C@H](O)C1=O. The Labute approximate surface area is 166 Å². The minimum absolute atomic E-state index is 0.103. The van der Waals surface area contributed by atoms with Gasteiger partial charge in [0.1, 0.15) is 6.10 Å². The van der Waals surface area contributed by atoms with E-state index in [4.69, 9.17) is 17.3 Å². The molecule has 1 aromatic heterocycles. The third-order valence-electron chi connectivity index (χ3n) is 4.84. The smallest absolute Gasteiger partial charge is 0.269 e. The number of aromatic nitrogens is 2. The molecule has 1 saturated heterocycles. The maximum Gasteiger partial charge on any atom is 0.269 e. The van der Waals surface area contributed by atoms with Gasteiger partial charge in [-0.3, -0.25) is 9.59 Å². The molecule has 1 fully saturated rings. The molecule has 3 N–H and O–H groups in total. The first kappa shape index (κ1) is 20.5. The number of nitrogens with zero attached hydrogens (tertiary/aromatic N) is 3. The first-order valence-corrected chi connectivity index (χ1v) is 8.91. The van der Waals surface area contributed by atoms with Gasteiger partial charge in [-0.25, -0.2) is 13.5 Å². The molecule has 29 heavy (non-hydrogen) atoms. The number of aliphatic hydroxyl groups excluding tert-OH is 1. The van der Waals surface area contributed by atoms with Gasteiger partial charge in [0.15, 0.2) is 5.69 Å². The van der Waals surface area contributed by atoms with Gasteiger partial charge in [-0.1, -0.05) is 12.0 Å². The number of amides is 2. The van der Waals surface area contributed by atoms with E-state index in [0.29, 0.717) is 29.9 Å². The van der Waals surface area contributed by atoms with Crippen LogP contribution in [-0.2, 0) is 17.6 Å². The second-order valence-electron chi connectivity index (χ2n) is 7.02. The number of likely N-dealkylation sites (N-methyl/N-ethyl adjacent to an activating group) is 1. The topological polar surface area (TPSA) is 101 Å². The number of rotatable bonds is 2. The van der Waals surface area contributed by atoms with Crippen molar-refractivity contribution in [2.45, 2.75) is 31.3 Å². The number of benzene rings is 1. The number of carbonyl (C=O) groups is 2. The first-order valence-electron chi connectivity index (χ1n) is 8.91. The molecule has 1 atom stereocenters. The maximum absolute atomic E-state index is 13.6. The van der Waals surface area contributed by atoms with Crippen molar-refractivity contribution in [1.29, 1.82) is 0 Å². The van der Waals surface area contributed by atoms with Crippen LogP contribution in [0.5, 0.6) is 0 Å². The largest absolute Gasteiger partial charge is 0.383 e. The lowest BCUT2D eigenvalue weighted by atomic mass is 10.2. The number of nitrogens with two attached hydrogens (primary N) is 1. The highest BCUT2D eigenvalue weighted by atomic mass is 19.3. The molecule has 2 aromatic rings. The summed E-state index contributed by atoms with van der Waals surface area (Å²) in [6, 6.07) is 6.76. The maximum atomic E-state index is 13.6. The number of terminal acetylenes is 1. The fraction of sp³-hybridized carbons (Fsp3) is 0.350. The van der Waals surface area contributed by atoms with Gasteiger partial charge >= 0.3 is 0 Å². The lowest BCUT2D eigenvalue weighted by Gasteiger charge is -2.09. The van der Waals surface area contributed by atoms with Crippen LogP contribution < -0.4 is 5.73 Å². The molecular weight excluding hydrogens is 382 g/mol. The normalized spacial score (nSPS) is 19.3. The molecule has 0 bridgehead atoms. The summed E-state index contributed by atoms with van der Waals surface area (Å²) in [6.07, 6.45) is 4.21. The van der Waals surface area contributed by atoms with Crippen LogP contribution in [0.15, 0.2) is 24.3 Å². The summed E-state index contributed by atoms with van der Waals surface area (Å²) in [4.78, 5) is 23.5. The number of hydrogen-bond acceptors (Lipinski definition) is 4. The number of likely N-dealkylation sites (tertiary alicyclic amines) is 1. The van der Waals surface area contributed by atoms with E-state index < -0.39 is 30.8 Å². The van der Waals surface area contributed by atoms with Gasteiger partial charge in [0.25, 0.3) is 17.7 Å². The minimum Gasteiger partial charge on any atom is -0.383 e. The van der Waals surface area contributed by atoms with Crippen LogP contribution in [0.4, 0.5) is 8.78 Å². The number of fused-ring (bicyclic) bond motifs is 1.